The first-order valence-corrected chi connectivity index (χ1v) is 8.42. The van der Waals surface area contributed by atoms with Crippen LogP contribution in [0.3, 0.4) is 0 Å². The number of rotatable bonds is 5. The number of hydrogen-bond donors (Lipinski definition) is 2. The Bertz CT molecular complexity index is 927. The fourth-order valence-electron chi connectivity index (χ4n) is 2.33. The molecule has 3 aromatic rings. The number of halogens is 2. The largest absolute Gasteiger partial charge is 0.497 e. The Kier molecular flexibility index (Phi) is 5.61. The highest BCUT2D eigenvalue weighted by atomic mass is 35.5. The van der Waals surface area contributed by atoms with E-state index in [1.54, 1.807) is 37.6 Å². The van der Waals surface area contributed by atoms with Crippen LogP contribution in [-0.2, 0) is 0 Å². The maximum atomic E-state index is 12.5. The highest BCUT2D eigenvalue weighted by Gasteiger charge is 2.09. The van der Waals surface area contributed by atoms with Crippen LogP contribution < -0.4 is 15.4 Å². The normalized spacial score (nSPS) is 10.3. The van der Waals surface area contributed by atoms with E-state index >= 15 is 0 Å². The van der Waals surface area contributed by atoms with Gasteiger partial charge in [0.25, 0.3) is 5.91 Å². The number of benzene rings is 2. The number of hydrogen-bond acceptors (Lipinski definition) is 4. The molecule has 0 radical (unpaired) electrons. The van der Waals surface area contributed by atoms with Gasteiger partial charge in [0.2, 0.25) is 0 Å². The minimum Gasteiger partial charge on any atom is -0.497 e. The molecular weight excluding hydrogens is 373 g/mol. The molecule has 0 bridgehead atoms. The molecule has 5 nitrogen and oxygen atoms in total. The van der Waals surface area contributed by atoms with Crippen molar-refractivity contribution in [2.75, 3.05) is 17.7 Å². The fourth-order valence-corrected chi connectivity index (χ4v) is 2.86. The number of aromatic nitrogens is 1. The number of ether oxygens (including phenoxy) is 1. The summed E-state index contributed by atoms with van der Waals surface area (Å²) in [5, 5.41) is 6.83. The van der Waals surface area contributed by atoms with E-state index in [1.807, 2.05) is 24.3 Å². The third-order valence-electron chi connectivity index (χ3n) is 3.48. The topological polar surface area (TPSA) is 63.2 Å². The van der Waals surface area contributed by atoms with E-state index in [0.29, 0.717) is 27.0 Å². The van der Waals surface area contributed by atoms with Gasteiger partial charge >= 0.3 is 0 Å². The van der Waals surface area contributed by atoms with Crippen molar-refractivity contribution < 1.29 is 9.53 Å². The van der Waals surface area contributed by atoms with Gasteiger partial charge in [0, 0.05) is 33.7 Å². The molecule has 1 aromatic heterocycles. The second-order valence-corrected chi connectivity index (χ2v) is 6.30. The number of nitrogens with zero attached hydrogens (tertiary/aromatic N) is 1. The number of carbonyl (C=O) groups excluding carboxylic acids is 1. The van der Waals surface area contributed by atoms with E-state index in [4.69, 9.17) is 27.9 Å². The minimum absolute atomic E-state index is 0.315. The van der Waals surface area contributed by atoms with Gasteiger partial charge in [-0.05, 0) is 36.4 Å². The smallest absolute Gasteiger partial charge is 0.257 e. The molecular formula is C19H15Cl2N3O2. The number of amides is 1. The molecule has 3 rings (SSSR count). The predicted molar refractivity (Wildman–Crippen MR) is 105 cm³/mol. The van der Waals surface area contributed by atoms with Crippen molar-refractivity contribution in [2.45, 2.75) is 0 Å². The molecule has 2 aromatic carbocycles. The van der Waals surface area contributed by atoms with Crippen LogP contribution in [0.2, 0.25) is 10.0 Å². The first kappa shape index (κ1) is 18.0. The maximum Gasteiger partial charge on any atom is 0.257 e. The molecule has 0 aliphatic heterocycles. The van der Waals surface area contributed by atoms with Gasteiger partial charge in [0.1, 0.15) is 5.75 Å². The summed E-state index contributed by atoms with van der Waals surface area (Å²) in [5.41, 5.74) is 2.41. The fraction of sp³-hybridized carbons (Fsp3) is 0.0526. The van der Waals surface area contributed by atoms with E-state index < -0.39 is 0 Å². The van der Waals surface area contributed by atoms with Gasteiger partial charge in [-0.2, -0.15) is 0 Å². The van der Waals surface area contributed by atoms with Crippen LogP contribution in [0.5, 0.6) is 5.75 Å². The second kappa shape index (κ2) is 8.08. The summed E-state index contributed by atoms with van der Waals surface area (Å²) in [4.78, 5) is 16.6. The number of pyridine rings is 1. The highest BCUT2D eigenvalue weighted by molar-refractivity contribution is 6.35. The molecule has 0 unspecified atom stereocenters. The molecule has 132 valence electrons. The molecule has 26 heavy (non-hydrogen) atoms. The van der Waals surface area contributed by atoms with Crippen LogP contribution in [0.1, 0.15) is 10.4 Å². The number of nitrogens with one attached hydrogen (secondary N) is 2. The van der Waals surface area contributed by atoms with Crippen LogP contribution >= 0.6 is 23.2 Å². The lowest BCUT2D eigenvalue weighted by atomic mass is 10.2. The van der Waals surface area contributed by atoms with Gasteiger partial charge in [-0.25, -0.2) is 0 Å². The van der Waals surface area contributed by atoms with Crippen molar-refractivity contribution in [1.82, 2.24) is 4.98 Å². The van der Waals surface area contributed by atoms with Crippen molar-refractivity contribution in [2.24, 2.45) is 0 Å². The summed E-state index contributed by atoms with van der Waals surface area (Å²) < 4.78 is 5.20. The van der Waals surface area contributed by atoms with Gasteiger partial charge in [-0.1, -0.05) is 29.3 Å². The molecule has 2 N–H and O–H groups in total. The monoisotopic (exact) mass is 387 g/mol. The third kappa shape index (κ3) is 4.65. The van der Waals surface area contributed by atoms with Crippen LogP contribution in [0, 0.1) is 0 Å². The average Bonchev–Trinajstić information content (AvgIpc) is 2.61. The molecule has 1 heterocycles. The van der Waals surface area contributed by atoms with Gasteiger partial charge < -0.3 is 15.4 Å². The lowest BCUT2D eigenvalue weighted by Crippen LogP contribution is -2.12. The van der Waals surface area contributed by atoms with Crippen molar-refractivity contribution in [3.05, 3.63) is 76.5 Å². The second-order valence-electron chi connectivity index (χ2n) is 5.43. The Balaban J connectivity index is 1.76. The van der Waals surface area contributed by atoms with Gasteiger partial charge in [0.05, 0.1) is 24.6 Å². The first-order valence-electron chi connectivity index (χ1n) is 7.67. The zero-order valence-corrected chi connectivity index (χ0v) is 15.3. The summed E-state index contributed by atoms with van der Waals surface area (Å²) in [6.45, 7) is 0. The van der Waals surface area contributed by atoms with Crippen LogP contribution in [0.4, 0.5) is 17.1 Å². The van der Waals surface area contributed by atoms with Crippen LogP contribution in [0.15, 0.2) is 60.9 Å². The minimum atomic E-state index is -0.315. The van der Waals surface area contributed by atoms with E-state index in [2.05, 4.69) is 15.6 Å². The Morgan fingerprint density at radius 3 is 2.46 bits per heavy atom. The summed E-state index contributed by atoms with van der Waals surface area (Å²) in [5.74, 6) is 0.416. The summed E-state index contributed by atoms with van der Waals surface area (Å²) in [6.07, 6.45) is 3.12. The number of anilines is 3. The van der Waals surface area contributed by atoms with E-state index in [-0.39, 0.29) is 5.91 Å². The Labute approximate surface area is 160 Å². The molecule has 0 spiro atoms. The lowest BCUT2D eigenvalue weighted by Gasteiger charge is -2.10. The number of methoxy groups -OCH3 is 1. The SMILES string of the molecule is COc1cccc(Nc2cncc(C(=O)Nc3cc(Cl)cc(Cl)c3)c2)c1. The van der Waals surface area contributed by atoms with E-state index in [9.17, 15) is 4.79 Å². The standard InChI is InChI=1S/C19H15Cl2N3O2/c1-26-18-4-2-3-15(9-18)23-17-5-12(10-22-11-17)19(25)24-16-7-13(20)6-14(21)8-16/h2-11,23H,1H3,(H,24,25). The molecule has 0 saturated heterocycles. The van der Waals surface area contributed by atoms with Gasteiger partial charge in [0.15, 0.2) is 0 Å². The summed E-state index contributed by atoms with van der Waals surface area (Å²) >= 11 is 11.9. The number of carbonyl (C=O) groups is 1. The van der Waals surface area contributed by atoms with Crippen molar-refractivity contribution >= 4 is 46.2 Å². The average molecular weight is 388 g/mol. The molecule has 1 amide bonds. The van der Waals surface area contributed by atoms with E-state index in [1.165, 1.54) is 6.20 Å². The predicted octanol–water partition coefficient (Wildman–Crippen LogP) is 5.39. The Hall–Kier alpha value is -2.76. The van der Waals surface area contributed by atoms with Crippen LogP contribution in [0.25, 0.3) is 0 Å². The molecule has 0 aliphatic carbocycles. The molecule has 0 fully saturated rings. The molecule has 0 atom stereocenters. The molecule has 0 aliphatic rings. The van der Waals surface area contributed by atoms with Gasteiger partial charge in [-0.15, -0.1) is 0 Å². The zero-order chi connectivity index (χ0) is 18.5. The summed E-state index contributed by atoms with van der Waals surface area (Å²) in [7, 11) is 1.60. The maximum absolute atomic E-state index is 12.5. The quantitative estimate of drug-likeness (QED) is 0.615. The van der Waals surface area contributed by atoms with Crippen molar-refractivity contribution in [3.63, 3.8) is 0 Å². The summed E-state index contributed by atoms with van der Waals surface area (Å²) in [6, 6.07) is 14.0. The Morgan fingerprint density at radius 1 is 0.962 bits per heavy atom. The highest BCUT2D eigenvalue weighted by Crippen LogP contribution is 2.24. The van der Waals surface area contributed by atoms with Crippen LogP contribution in [-0.4, -0.2) is 18.0 Å². The van der Waals surface area contributed by atoms with Crippen molar-refractivity contribution in [1.29, 1.82) is 0 Å². The first-order chi connectivity index (χ1) is 12.5. The zero-order valence-electron chi connectivity index (χ0n) is 13.8. The van der Waals surface area contributed by atoms with Crippen molar-refractivity contribution in [3.8, 4) is 5.75 Å². The van der Waals surface area contributed by atoms with Gasteiger partial charge in [-0.3, -0.25) is 9.78 Å². The molecule has 0 saturated carbocycles. The van der Waals surface area contributed by atoms with E-state index in [0.717, 1.165) is 11.4 Å². The molecule has 7 heteroatoms. The lowest BCUT2D eigenvalue weighted by molar-refractivity contribution is 0.102. The third-order valence-corrected chi connectivity index (χ3v) is 3.92. The Morgan fingerprint density at radius 2 is 1.73 bits per heavy atom.